The van der Waals surface area contributed by atoms with Crippen molar-refractivity contribution in [3.05, 3.63) is 66.1 Å². The molecule has 5 aromatic rings. The Morgan fingerprint density at radius 3 is 2.75 bits per heavy atom. The van der Waals surface area contributed by atoms with Crippen molar-refractivity contribution in [1.29, 1.82) is 0 Å². The second-order valence-electron chi connectivity index (χ2n) is 8.83. The minimum atomic E-state index is -2.50. The van der Waals surface area contributed by atoms with Crippen LogP contribution in [0.25, 0.3) is 22.2 Å². The number of aryl methyl sites for hydroxylation is 1. The molecule has 0 saturated carbocycles. The van der Waals surface area contributed by atoms with Crippen molar-refractivity contribution in [2.24, 2.45) is 0 Å². The molecule has 0 saturated heterocycles. The molecule has 36 heavy (non-hydrogen) atoms. The van der Waals surface area contributed by atoms with E-state index < -0.39 is 7.14 Å². The Morgan fingerprint density at radius 1 is 1.11 bits per heavy atom. The predicted octanol–water partition coefficient (Wildman–Crippen LogP) is 6.02. The number of H-pyrrole nitrogens is 1. The second-order valence-corrected chi connectivity index (χ2v) is 12.4. The Labute approximate surface area is 213 Å². The van der Waals surface area contributed by atoms with Gasteiger partial charge < -0.3 is 15.2 Å². The van der Waals surface area contributed by atoms with Crippen LogP contribution >= 0.6 is 18.7 Å². The van der Waals surface area contributed by atoms with Gasteiger partial charge in [0.2, 0.25) is 5.95 Å². The molecule has 0 amide bonds. The summed E-state index contributed by atoms with van der Waals surface area (Å²) in [5.41, 5.74) is 4.19. The molecule has 184 valence electrons. The van der Waals surface area contributed by atoms with E-state index in [9.17, 15) is 4.57 Å². The van der Waals surface area contributed by atoms with E-state index in [2.05, 4.69) is 42.8 Å². The van der Waals surface area contributed by atoms with Crippen LogP contribution in [0.3, 0.4) is 0 Å². The molecular weight excluding hydrogens is 495 g/mol. The zero-order valence-electron chi connectivity index (χ0n) is 20.2. The summed E-state index contributed by atoms with van der Waals surface area (Å²) >= 11 is 6.39. The highest BCUT2D eigenvalue weighted by Crippen LogP contribution is 2.38. The smallest absolute Gasteiger partial charge is 0.229 e. The average molecular weight is 521 g/mol. The van der Waals surface area contributed by atoms with Crippen molar-refractivity contribution in [3.63, 3.8) is 0 Å². The van der Waals surface area contributed by atoms with E-state index in [0.717, 1.165) is 46.1 Å². The molecule has 0 fully saturated rings. The van der Waals surface area contributed by atoms with Crippen molar-refractivity contribution in [2.75, 3.05) is 24.0 Å². The lowest BCUT2D eigenvalue weighted by Gasteiger charge is -2.15. The third kappa shape index (κ3) is 4.98. The van der Waals surface area contributed by atoms with Gasteiger partial charge >= 0.3 is 0 Å². The predicted molar refractivity (Wildman–Crippen MR) is 147 cm³/mol. The van der Waals surface area contributed by atoms with E-state index in [-0.39, 0.29) is 0 Å². The van der Waals surface area contributed by atoms with Crippen LogP contribution in [0.15, 0.2) is 61.1 Å². The van der Waals surface area contributed by atoms with Gasteiger partial charge in [-0.05, 0) is 50.1 Å². The van der Waals surface area contributed by atoms with Gasteiger partial charge in [0, 0.05) is 34.7 Å². The van der Waals surface area contributed by atoms with Crippen LogP contribution in [-0.2, 0) is 11.1 Å². The van der Waals surface area contributed by atoms with Crippen LogP contribution in [0, 0.1) is 0 Å². The summed E-state index contributed by atoms with van der Waals surface area (Å²) in [4.78, 5) is 8.90. The van der Waals surface area contributed by atoms with E-state index in [4.69, 9.17) is 11.6 Å². The van der Waals surface area contributed by atoms with Crippen LogP contribution in [0.1, 0.15) is 13.3 Å². The van der Waals surface area contributed by atoms with Gasteiger partial charge in [0.25, 0.3) is 0 Å². The number of benzene rings is 2. The third-order valence-corrected chi connectivity index (χ3v) is 7.49. The van der Waals surface area contributed by atoms with Crippen molar-refractivity contribution in [2.45, 2.75) is 19.9 Å². The Kier molecular flexibility index (Phi) is 6.51. The molecule has 11 heteroatoms. The summed E-state index contributed by atoms with van der Waals surface area (Å²) in [5.74, 6) is 0.791. The maximum Gasteiger partial charge on any atom is 0.229 e. The molecule has 0 atom stereocenters. The van der Waals surface area contributed by atoms with Crippen molar-refractivity contribution >= 4 is 58.1 Å². The van der Waals surface area contributed by atoms with E-state index >= 15 is 0 Å². The maximum atomic E-state index is 12.7. The molecule has 5 rings (SSSR count). The number of hydrogen-bond donors (Lipinski definition) is 3. The lowest BCUT2D eigenvalue weighted by molar-refractivity contribution is 0.588. The fourth-order valence-electron chi connectivity index (χ4n) is 3.97. The van der Waals surface area contributed by atoms with Crippen LogP contribution in [0.2, 0.25) is 5.02 Å². The van der Waals surface area contributed by atoms with E-state index in [1.54, 1.807) is 13.3 Å². The topological polar surface area (TPSA) is 113 Å². The quantitative estimate of drug-likeness (QED) is 0.214. The molecule has 2 aromatic carbocycles. The highest BCUT2D eigenvalue weighted by atomic mass is 35.5. The number of aromatic amines is 1. The lowest BCUT2D eigenvalue weighted by atomic mass is 10.1. The number of fused-ring (bicyclic) bond motifs is 1. The maximum absolute atomic E-state index is 12.7. The minimum Gasteiger partial charge on any atom is -0.338 e. The largest absolute Gasteiger partial charge is 0.338 e. The number of nitrogens with zero attached hydrogens (tertiary/aromatic N) is 5. The molecule has 0 aliphatic rings. The van der Waals surface area contributed by atoms with Crippen molar-refractivity contribution < 1.29 is 4.57 Å². The molecule has 0 unspecified atom stereocenters. The van der Waals surface area contributed by atoms with Crippen molar-refractivity contribution in [3.8, 4) is 11.3 Å². The third-order valence-electron chi connectivity index (χ3n) is 5.66. The summed E-state index contributed by atoms with van der Waals surface area (Å²) in [6.07, 6.45) is 6.37. The van der Waals surface area contributed by atoms with Gasteiger partial charge in [-0.2, -0.15) is 15.2 Å². The number of para-hydroxylation sites is 1. The van der Waals surface area contributed by atoms with E-state index in [1.807, 2.05) is 59.5 Å². The molecule has 9 nitrogen and oxygen atoms in total. The average Bonchev–Trinajstić information content (AvgIpc) is 3.48. The number of hydrogen-bond acceptors (Lipinski definition) is 7. The summed E-state index contributed by atoms with van der Waals surface area (Å²) in [5, 5.41) is 20.5. The fraction of sp³-hybridized carbons (Fsp3) is 0.200. The fourth-order valence-corrected chi connectivity index (χ4v) is 5.26. The standard InChI is InChI=1S/C25H26ClN8OP/c1-4-11-34-15-16(13-28-34)23-18-12-17(9-10-20(18)32-33-23)29-25-27-14-19(26)24(31-25)30-21-7-5-6-8-22(21)36(2,3)35/h5-10,12-15H,4,11H2,1-3H3,(H,32,33)(H2,27,29,30,31). The van der Waals surface area contributed by atoms with Crippen LogP contribution < -0.4 is 15.9 Å². The first-order valence-electron chi connectivity index (χ1n) is 11.5. The normalized spacial score (nSPS) is 11.7. The number of anilines is 4. The Morgan fingerprint density at radius 2 is 1.94 bits per heavy atom. The van der Waals surface area contributed by atoms with Gasteiger partial charge in [-0.1, -0.05) is 30.7 Å². The molecule has 3 N–H and O–H groups in total. The van der Waals surface area contributed by atoms with Gasteiger partial charge in [0.1, 0.15) is 17.9 Å². The van der Waals surface area contributed by atoms with Crippen LogP contribution in [0.4, 0.5) is 23.1 Å². The second kappa shape index (κ2) is 9.76. The highest BCUT2D eigenvalue weighted by molar-refractivity contribution is 7.70. The van der Waals surface area contributed by atoms with Gasteiger partial charge in [0.15, 0.2) is 5.82 Å². The summed E-state index contributed by atoms with van der Waals surface area (Å²) < 4.78 is 14.7. The van der Waals surface area contributed by atoms with E-state index in [0.29, 0.717) is 22.5 Å². The molecule has 0 spiro atoms. The van der Waals surface area contributed by atoms with E-state index in [1.165, 1.54) is 6.20 Å². The van der Waals surface area contributed by atoms with Gasteiger partial charge in [0.05, 0.1) is 23.6 Å². The molecular formula is C25H26ClN8OP. The zero-order valence-corrected chi connectivity index (χ0v) is 21.8. The number of rotatable bonds is 8. The molecule has 0 bridgehead atoms. The lowest BCUT2D eigenvalue weighted by Crippen LogP contribution is -2.10. The number of nitrogens with one attached hydrogen (secondary N) is 3. The Bertz CT molecular complexity index is 1590. The molecule has 0 aliphatic heterocycles. The number of aromatic nitrogens is 6. The van der Waals surface area contributed by atoms with Crippen LogP contribution in [-0.4, -0.2) is 43.3 Å². The zero-order chi connectivity index (χ0) is 25.3. The molecule has 3 aromatic heterocycles. The summed E-state index contributed by atoms with van der Waals surface area (Å²) in [6.45, 7) is 6.44. The number of halogens is 1. The highest BCUT2D eigenvalue weighted by Gasteiger charge is 2.17. The first-order chi connectivity index (χ1) is 17.3. The Balaban J connectivity index is 1.43. The Hall–Kier alpha value is -3.68. The monoisotopic (exact) mass is 520 g/mol. The van der Waals surface area contributed by atoms with Crippen LogP contribution in [0.5, 0.6) is 0 Å². The van der Waals surface area contributed by atoms with Gasteiger partial charge in [-0.15, -0.1) is 0 Å². The summed E-state index contributed by atoms with van der Waals surface area (Å²) in [7, 11) is -2.50. The first kappa shape index (κ1) is 24.0. The SMILES string of the molecule is CCCn1cc(-c2n[nH]c3ccc(Nc4ncc(Cl)c(Nc5ccccc5P(C)(C)=O)n4)cc23)cn1. The summed E-state index contributed by atoms with van der Waals surface area (Å²) in [6, 6.07) is 13.3. The van der Waals surface area contributed by atoms with Gasteiger partial charge in [-0.25, -0.2) is 4.98 Å². The molecule has 0 aliphatic carbocycles. The van der Waals surface area contributed by atoms with Gasteiger partial charge in [-0.3, -0.25) is 9.78 Å². The van der Waals surface area contributed by atoms with Crippen molar-refractivity contribution in [1.82, 2.24) is 29.9 Å². The molecule has 3 heterocycles. The minimum absolute atomic E-state index is 0.356. The molecule has 0 radical (unpaired) electrons. The first-order valence-corrected chi connectivity index (χ1v) is 14.5.